The molecule has 1 saturated heterocycles. The number of hydrazine groups is 1. The first-order valence-corrected chi connectivity index (χ1v) is 11.1. The second-order valence-corrected chi connectivity index (χ2v) is 9.02. The van der Waals surface area contributed by atoms with Crippen LogP contribution in [0, 0.1) is 25.6 Å². The molecule has 5 nitrogen and oxygen atoms in total. The van der Waals surface area contributed by atoms with Crippen LogP contribution < -0.4 is 25.2 Å². The molecule has 3 aliphatic heterocycles. The first-order valence-electron chi connectivity index (χ1n) is 11.1. The van der Waals surface area contributed by atoms with Gasteiger partial charge in [-0.3, -0.25) is 0 Å². The molecule has 0 aromatic heterocycles. The number of anilines is 1. The Balaban J connectivity index is 1.40. The molecule has 2 N–H and O–H groups in total. The lowest BCUT2D eigenvalue weighted by molar-refractivity contribution is 0.174. The number of benzene rings is 3. The van der Waals surface area contributed by atoms with Crippen LogP contribution in [0.1, 0.15) is 39.9 Å². The van der Waals surface area contributed by atoms with Gasteiger partial charge in [-0.05, 0) is 59.9 Å². The van der Waals surface area contributed by atoms with Crippen molar-refractivity contribution in [1.29, 1.82) is 0 Å². The van der Waals surface area contributed by atoms with Gasteiger partial charge in [-0.25, -0.2) is 15.2 Å². The Bertz CT molecular complexity index is 1180. The number of ether oxygens (including phenoxy) is 2. The number of rotatable bonds is 3. The molecule has 3 aliphatic rings. The summed E-state index contributed by atoms with van der Waals surface area (Å²) in [5, 5.41) is 0. The molecule has 1 fully saturated rings. The van der Waals surface area contributed by atoms with E-state index in [4.69, 9.17) is 9.47 Å². The maximum atomic E-state index is 13.5. The number of aryl methyl sites for hydroxylation is 2. The Hall–Kier alpha value is -3.09. The summed E-state index contributed by atoms with van der Waals surface area (Å²) in [7, 11) is 0. The smallest absolute Gasteiger partial charge is 0.231 e. The highest BCUT2D eigenvalue weighted by molar-refractivity contribution is 5.66. The van der Waals surface area contributed by atoms with Crippen LogP contribution in [0.15, 0.2) is 54.6 Å². The third-order valence-corrected chi connectivity index (χ3v) is 7.06. The summed E-state index contributed by atoms with van der Waals surface area (Å²) in [6.07, 6.45) is 0. The third kappa shape index (κ3) is 3.22. The summed E-state index contributed by atoms with van der Waals surface area (Å²) < 4.78 is 24.8. The molecule has 6 heteroatoms. The van der Waals surface area contributed by atoms with Crippen LogP contribution in [0.25, 0.3) is 0 Å². The second-order valence-electron chi connectivity index (χ2n) is 9.02. The van der Waals surface area contributed by atoms with Gasteiger partial charge in [0.1, 0.15) is 5.82 Å². The Labute approximate surface area is 187 Å². The molecule has 0 amide bonds. The van der Waals surface area contributed by atoms with Crippen molar-refractivity contribution in [2.45, 2.75) is 32.5 Å². The topological polar surface area (TPSA) is 45.8 Å². The van der Waals surface area contributed by atoms with E-state index in [1.54, 1.807) is 0 Å². The SMILES string of the molecule is Cc1ccc(C2NNC3c4cc5c(cc4N(Cc4ccc(F)cc4)CC23)OCO5)cc1C. The first kappa shape index (κ1) is 19.6. The summed E-state index contributed by atoms with van der Waals surface area (Å²) >= 11 is 0. The monoisotopic (exact) mass is 431 g/mol. The van der Waals surface area contributed by atoms with E-state index in [2.05, 4.69) is 59.9 Å². The number of fused-ring (bicyclic) bond motifs is 4. The predicted octanol–water partition coefficient (Wildman–Crippen LogP) is 4.70. The molecule has 0 bridgehead atoms. The lowest BCUT2D eigenvalue weighted by Crippen LogP contribution is -2.39. The fourth-order valence-electron chi connectivity index (χ4n) is 5.18. The van der Waals surface area contributed by atoms with E-state index in [1.165, 1.54) is 34.4 Å². The maximum Gasteiger partial charge on any atom is 0.231 e. The number of hydrogen-bond donors (Lipinski definition) is 2. The molecular formula is C26H26FN3O2. The van der Waals surface area contributed by atoms with Gasteiger partial charge in [0.05, 0.1) is 12.1 Å². The van der Waals surface area contributed by atoms with Gasteiger partial charge in [0.2, 0.25) is 6.79 Å². The average Bonchev–Trinajstić information content (AvgIpc) is 3.42. The van der Waals surface area contributed by atoms with Crippen LogP contribution in [0.2, 0.25) is 0 Å². The molecule has 3 atom stereocenters. The van der Waals surface area contributed by atoms with Crippen LogP contribution in [0.4, 0.5) is 10.1 Å². The zero-order chi connectivity index (χ0) is 21.8. The van der Waals surface area contributed by atoms with Crippen molar-refractivity contribution >= 4 is 5.69 Å². The van der Waals surface area contributed by atoms with E-state index in [0.717, 1.165) is 29.3 Å². The van der Waals surface area contributed by atoms with Crippen LogP contribution in [0.3, 0.4) is 0 Å². The minimum Gasteiger partial charge on any atom is -0.454 e. The van der Waals surface area contributed by atoms with Crippen molar-refractivity contribution < 1.29 is 13.9 Å². The summed E-state index contributed by atoms with van der Waals surface area (Å²) in [5.41, 5.74) is 14.4. The Morgan fingerprint density at radius 3 is 2.44 bits per heavy atom. The molecule has 0 saturated carbocycles. The number of nitrogens with one attached hydrogen (secondary N) is 2. The average molecular weight is 432 g/mol. The summed E-state index contributed by atoms with van der Waals surface area (Å²) in [4.78, 5) is 2.38. The van der Waals surface area contributed by atoms with Gasteiger partial charge in [-0.2, -0.15) is 0 Å². The fraction of sp³-hybridized carbons (Fsp3) is 0.308. The van der Waals surface area contributed by atoms with Crippen LogP contribution in [0.5, 0.6) is 11.5 Å². The van der Waals surface area contributed by atoms with E-state index in [-0.39, 0.29) is 24.7 Å². The van der Waals surface area contributed by atoms with Gasteiger partial charge in [0.15, 0.2) is 11.5 Å². The Morgan fingerprint density at radius 2 is 1.66 bits per heavy atom. The van der Waals surface area contributed by atoms with Gasteiger partial charge in [-0.1, -0.05) is 30.3 Å². The summed E-state index contributed by atoms with van der Waals surface area (Å²) in [6, 6.07) is 18.0. The highest BCUT2D eigenvalue weighted by Crippen LogP contribution is 2.49. The van der Waals surface area contributed by atoms with Crippen LogP contribution in [-0.2, 0) is 6.54 Å². The van der Waals surface area contributed by atoms with E-state index in [0.29, 0.717) is 12.5 Å². The first-order chi connectivity index (χ1) is 15.6. The molecule has 6 rings (SSSR count). The van der Waals surface area contributed by atoms with Crippen molar-refractivity contribution in [3.8, 4) is 11.5 Å². The maximum absolute atomic E-state index is 13.5. The van der Waals surface area contributed by atoms with Gasteiger partial charge >= 0.3 is 0 Å². The van der Waals surface area contributed by atoms with Crippen LogP contribution >= 0.6 is 0 Å². The van der Waals surface area contributed by atoms with Gasteiger partial charge in [0, 0.05) is 30.8 Å². The zero-order valence-electron chi connectivity index (χ0n) is 18.2. The number of nitrogens with zero attached hydrogens (tertiary/aromatic N) is 1. The highest BCUT2D eigenvalue weighted by atomic mass is 19.1. The molecule has 3 heterocycles. The third-order valence-electron chi connectivity index (χ3n) is 7.06. The van der Waals surface area contributed by atoms with E-state index >= 15 is 0 Å². The molecular weight excluding hydrogens is 405 g/mol. The van der Waals surface area contributed by atoms with Gasteiger partial charge < -0.3 is 14.4 Å². The second kappa shape index (κ2) is 7.50. The summed E-state index contributed by atoms with van der Waals surface area (Å²) in [5.74, 6) is 1.69. The molecule has 0 radical (unpaired) electrons. The molecule has 0 spiro atoms. The Morgan fingerprint density at radius 1 is 0.906 bits per heavy atom. The Kier molecular flexibility index (Phi) is 4.59. The fourth-order valence-corrected chi connectivity index (χ4v) is 5.18. The normalized spacial score (nSPS) is 23.2. The molecule has 3 aromatic rings. The quantitative estimate of drug-likeness (QED) is 0.630. The number of halogens is 1. The van der Waals surface area contributed by atoms with Gasteiger partial charge in [0.25, 0.3) is 0 Å². The van der Waals surface area contributed by atoms with Crippen molar-refractivity contribution in [2.24, 2.45) is 5.92 Å². The lowest BCUT2D eigenvalue weighted by atomic mass is 9.81. The summed E-state index contributed by atoms with van der Waals surface area (Å²) in [6.45, 7) is 6.13. The molecule has 0 aliphatic carbocycles. The molecule has 164 valence electrons. The zero-order valence-corrected chi connectivity index (χ0v) is 18.2. The lowest BCUT2D eigenvalue weighted by Gasteiger charge is -2.39. The van der Waals surface area contributed by atoms with E-state index in [1.807, 2.05) is 12.1 Å². The largest absolute Gasteiger partial charge is 0.454 e. The highest BCUT2D eigenvalue weighted by Gasteiger charge is 2.44. The molecule has 3 aromatic carbocycles. The van der Waals surface area contributed by atoms with E-state index < -0.39 is 0 Å². The molecule has 3 unspecified atom stereocenters. The number of hydrogen-bond acceptors (Lipinski definition) is 5. The van der Waals surface area contributed by atoms with Gasteiger partial charge in [-0.15, -0.1) is 0 Å². The minimum atomic E-state index is -0.213. The standard InChI is InChI=1S/C26H26FN3O2/c1-15-3-6-18(9-16(15)2)25-21-13-30(12-17-4-7-19(27)8-5-17)22-11-24-23(31-14-32-24)10-20(22)26(21)29-28-25/h3-11,21,25-26,28-29H,12-14H2,1-2H3. The van der Waals surface area contributed by atoms with Crippen LogP contribution in [-0.4, -0.2) is 13.3 Å². The van der Waals surface area contributed by atoms with Crippen molar-refractivity contribution in [3.63, 3.8) is 0 Å². The van der Waals surface area contributed by atoms with Crippen molar-refractivity contribution in [3.05, 3.63) is 88.2 Å². The minimum absolute atomic E-state index is 0.163. The predicted molar refractivity (Wildman–Crippen MR) is 121 cm³/mol. The van der Waals surface area contributed by atoms with E-state index in [9.17, 15) is 4.39 Å². The van der Waals surface area contributed by atoms with Crippen molar-refractivity contribution in [2.75, 3.05) is 18.2 Å². The van der Waals surface area contributed by atoms with Crippen molar-refractivity contribution in [1.82, 2.24) is 10.9 Å². The molecule has 32 heavy (non-hydrogen) atoms.